The van der Waals surface area contributed by atoms with E-state index >= 15 is 0 Å². The molecule has 0 bridgehead atoms. The quantitative estimate of drug-likeness (QED) is 0.904. The van der Waals surface area contributed by atoms with E-state index < -0.39 is 12.0 Å². The first kappa shape index (κ1) is 16.0. The summed E-state index contributed by atoms with van der Waals surface area (Å²) in [6.07, 6.45) is 3.36. The van der Waals surface area contributed by atoms with Crippen LogP contribution in [0.15, 0.2) is 22.7 Å². The van der Waals surface area contributed by atoms with Gasteiger partial charge in [0.2, 0.25) is 5.91 Å². The topological polar surface area (TPSA) is 57.6 Å². The van der Waals surface area contributed by atoms with Crippen LogP contribution in [0.1, 0.15) is 36.8 Å². The number of nitrogens with zero attached hydrogens (tertiary/aromatic N) is 1. The van der Waals surface area contributed by atoms with Crippen LogP contribution in [-0.2, 0) is 16.0 Å². The largest absolute Gasteiger partial charge is 0.480 e. The fourth-order valence-corrected chi connectivity index (χ4v) is 2.99. The first-order chi connectivity index (χ1) is 9.99. The minimum absolute atomic E-state index is 0.0531. The number of hydrogen-bond donors (Lipinski definition) is 1. The number of carboxylic acids is 1. The maximum atomic E-state index is 12.3. The summed E-state index contributed by atoms with van der Waals surface area (Å²) in [5.74, 6) is -0.940. The van der Waals surface area contributed by atoms with Crippen LogP contribution in [-0.4, -0.2) is 34.5 Å². The van der Waals surface area contributed by atoms with Gasteiger partial charge < -0.3 is 10.0 Å². The molecule has 1 aliphatic rings. The maximum absolute atomic E-state index is 12.3. The number of amides is 1. The van der Waals surface area contributed by atoms with Gasteiger partial charge in [-0.3, -0.25) is 4.79 Å². The van der Waals surface area contributed by atoms with E-state index in [1.807, 2.05) is 19.1 Å². The molecule has 0 spiro atoms. The Bertz CT molecular complexity index is 544. The second-order valence-electron chi connectivity index (χ2n) is 5.52. The van der Waals surface area contributed by atoms with Crippen LogP contribution >= 0.6 is 15.9 Å². The van der Waals surface area contributed by atoms with Gasteiger partial charge in [-0.2, -0.15) is 0 Å². The van der Waals surface area contributed by atoms with E-state index in [1.54, 1.807) is 0 Å². The van der Waals surface area contributed by atoms with Crippen molar-refractivity contribution in [1.82, 2.24) is 4.90 Å². The summed E-state index contributed by atoms with van der Waals surface area (Å²) in [5.41, 5.74) is 2.24. The third-order valence-electron chi connectivity index (χ3n) is 3.96. The van der Waals surface area contributed by atoms with E-state index in [-0.39, 0.29) is 5.91 Å². The number of carbonyl (C=O) groups is 2. The Balaban J connectivity index is 1.96. The number of benzene rings is 1. The summed E-state index contributed by atoms with van der Waals surface area (Å²) >= 11 is 3.46. The van der Waals surface area contributed by atoms with Crippen molar-refractivity contribution in [3.05, 3.63) is 33.8 Å². The Morgan fingerprint density at radius 1 is 1.38 bits per heavy atom. The number of aryl methyl sites for hydroxylation is 2. The Hall–Kier alpha value is -1.36. The highest BCUT2D eigenvalue weighted by Crippen LogP contribution is 2.21. The predicted octanol–water partition coefficient (Wildman–Crippen LogP) is 3.16. The fraction of sp³-hybridized carbons (Fsp3) is 0.500. The minimum Gasteiger partial charge on any atom is -0.480 e. The van der Waals surface area contributed by atoms with Crippen molar-refractivity contribution < 1.29 is 14.7 Å². The highest BCUT2D eigenvalue weighted by atomic mass is 79.9. The van der Waals surface area contributed by atoms with Crippen molar-refractivity contribution in [3.8, 4) is 0 Å². The smallest absolute Gasteiger partial charge is 0.326 e. The van der Waals surface area contributed by atoms with Crippen LogP contribution < -0.4 is 0 Å². The standard InChI is InChI=1S/C16H20BrNO3/c1-11-10-12(5-7-13(11)17)6-8-15(19)18-9-3-2-4-14(18)16(20)21/h5,7,10,14H,2-4,6,8-9H2,1H3,(H,20,21). The molecule has 1 aliphatic heterocycles. The lowest BCUT2D eigenvalue weighted by Crippen LogP contribution is -2.48. The zero-order valence-corrected chi connectivity index (χ0v) is 13.7. The molecule has 1 saturated heterocycles. The first-order valence-corrected chi connectivity index (χ1v) is 8.05. The fourth-order valence-electron chi connectivity index (χ4n) is 2.74. The second-order valence-corrected chi connectivity index (χ2v) is 6.37. The molecule has 0 saturated carbocycles. The van der Waals surface area contributed by atoms with Gasteiger partial charge in [0, 0.05) is 17.4 Å². The van der Waals surface area contributed by atoms with Gasteiger partial charge in [0.05, 0.1) is 0 Å². The molecule has 0 aromatic heterocycles. The molecule has 1 unspecified atom stereocenters. The third kappa shape index (κ3) is 4.06. The van der Waals surface area contributed by atoms with E-state index in [9.17, 15) is 14.7 Å². The lowest BCUT2D eigenvalue weighted by atomic mass is 10.0. The van der Waals surface area contributed by atoms with Gasteiger partial charge in [0.25, 0.3) is 0 Å². The highest BCUT2D eigenvalue weighted by molar-refractivity contribution is 9.10. The summed E-state index contributed by atoms with van der Waals surface area (Å²) in [4.78, 5) is 25.1. The zero-order valence-electron chi connectivity index (χ0n) is 12.1. The molecule has 0 radical (unpaired) electrons. The van der Waals surface area contributed by atoms with Gasteiger partial charge in [0.15, 0.2) is 0 Å². The molecule has 5 heteroatoms. The van der Waals surface area contributed by atoms with E-state index in [1.165, 1.54) is 4.90 Å². The summed E-state index contributed by atoms with van der Waals surface area (Å²) < 4.78 is 1.06. The molecule has 21 heavy (non-hydrogen) atoms. The van der Waals surface area contributed by atoms with Crippen LogP contribution in [0.3, 0.4) is 0 Å². The van der Waals surface area contributed by atoms with Crippen LogP contribution in [0, 0.1) is 6.92 Å². The number of carbonyl (C=O) groups excluding carboxylic acids is 1. The molecule has 0 aliphatic carbocycles. The average molecular weight is 354 g/mol. The van der Waals surface area contributed by atoms with Crippen molar-refractivity contribution in [1.29, 1.82) is 0 Å². The average Bonchev–Trinajstić information content (AvgIpc) is 2.48. The summed E-state index contributed by atoms with van der Waals surface area (Å²) in [5, 5.41) is 9.21. The van der Waals surface area contributed by atoms with Gasteiger partial charge in [-0.1, -0.05) is 28.1 Å². The monoisotopic (exact) mass is 353 g/mol. The summed E-state index contributed by atoms with van der Waals surface area (Å²) in [6.45, 7) is 2.58. The lowest BCUT2D eigenvalue weighted by Gasteiger charge is -2.33. The number of aliphatic carboxylic acids is 1. The van der Waals surface area contributed by atoms with Crippen LogP contribution in [0.4, 0.5) is 0 Å². The molecule has 1 fully saturated rings. The Morgan fingerprint density at radius 2 is 2.14 bits per heavy atom. The van der Waals surface area contributed by atoms with Gasteiger partial charge in [-0.15, -0.1) is 0 Å². The van der Waals surface area contributed by atoms with E-state index in [2.05, 4.69) is 22.0 Å². The van der Waals surface area contributed by atoms with Crippen molar-refractivity contribution in [2.75, 3.05) is 6.54 Å². The second kappa shape index (κ2) is 7.07. The van der Waals surface area contributed by atoms with E-state index in [0.717, 1.165) is 28.4 Å². The SMILES string of the molecule is Cc1cc(CCC(=O)N2CCCCC2C(=O)O)ccc1Br. The molecule has 1 amide bonds. The van der Waals surface area contributed by atoms with Gasteiger partial charge in [0.1, 0.15) is 6.04 Å². The highest BCUT2D eigenvalue weighted by Gasteiger charge is 2.31. The third-order valence-corrected chi connectivity index (χ3v) is 4.85. The van der Waals surface area contributed by atoms with Crippen molar-refractivity contribution in [2.24, 2.45) is 0 Å². The van der Waals surface area contributed by atoms with Crippen molar-refractivity contribution >= 4 is 27.8 Å². The molecule has 1 atom stereocenters. The number of likely N-dealkylation sites (tertiary alicyclic amines) is 1. The lowest BCUT2D eigenvalue weighted by molar-refractivity contribution is -0.152. The normalized spacial score (nSPS) is 18.6. The van der Waals surface area contributed by atoms with E-state index in [0.29, 0.717) is 25.8 Å². The molecule has 1 heterocycles. The molecule has 1 aromatic carbocycles. The molecule has 1 N–H and O–H groups in total. The number of rotatable bonds is 4. The van der Waals surface area contributed by atoms with Crippen LogP contribution in [0.2, 0.25) is 0 Å². The summed E-state index contributed by atoms with van der Waals surface area (Å²) in [7, 11) is 0. The molecular formula is C16H20BrNO3. The predicted molar refractivity (Wildman–Crippen MR) is 84.2 cm³/mol. The van der Waals surface area contributed by atoms with E-state index in [4.69, 9.17) is 0 Å². The molecule has 2 rings (SSSR count). The van der Waals surface area contributed by atoms with Gasteiger partial charge in [-0.25, -0.2) is 4.79 Å². The molecular weight excluding hydrogens is 334 g/mol. The number of halogens is 1. The number of carboxylic acid groups (broad SMARTS) is 1. The van der Waals surface area contributed by atoms with Crippen molar-refractivity contribution in [2.45, 2.75) is 45.1 Å². The first-order valence-electron chi connectivity index (χ1n) is 7.26. The number of hydrogen-bond acceptors (Lipinski definition) is 2. The molecule has 114 valence electrons. The summed E-state index contributed by atoms with van der Waals surface area (Å²) in [6, 6.07) is 5.39. The maximum Gasteiger partial charge on any atom is 0.326 e. The van der Waals surface area contributed by atoms with Crippen LogP contribution in [0.25, 0.3) is 0 Å². The minimum atomic E-state index is -0.887. The zero-order chi connectivity index (χ0) is 15.4. The van der Waals surface area contributed by atoms with Crippen LogP contribution in [0.5, 0.6) is 0 Å². The van der Waals surface area contributed by atoms with Gasteiger partial charge in [-0.05, 0) is 49.8 Å². The van der Waals surface area contributed by atoms with Gasteiger partial charge >= 0.3 is 5.97 Å². The molecule has 1 aromatic rings. The molecule has 4 nitrogen and oxygen atoms in total. The Kier molecular flexibility index (Phi) is 5.39. The van der Waals surface area contributed by atoms with Crippen molar-refractivity contribution in [3.63, 3.8) is 0 Å². The Labute approximate surface area is 133 Å². The number of piperidine rings is 1. The Morgan fingerprint density at radius 3 is 2.81 bits per heavy atom.